The van der Waals surface area contributed by atoms with E-state index in [2.05, 4.69) is 16.6 Å². The quantitative estimate of drug-likeness (QED) is 0.371. The summed E-state index contributed by atoms with van der Waals surface area (Å²) in [6.45, 7) is 3.47. The standard InChI is InChI=1S/C6H9O/c1-3-4-5-6-7-2/h6H,5H2,1-2H3. The molecule has 0 rings (SSSR count). The van der Waals surface area contributed by atoms with Gasteiger partial charge in [-0.25, -0.2) is 0 Å². The van der Waals surface area contributed by atoms with Crippen LogP contribution < -0.4 is 0 Å². The summed E-state index contributed by atoms with van der Waals surface area (Å²) in [5, 5.41) is 0. The molecule has 0 bridgehead atoms. The minimum atomic E-state index is 0.729. The van der Waals surface area contributed by atoms with Crippen molar-refractivity contribution in [2.24, 2.45) is 0 Å². The predicted octanol–water partition coefficient (Wildman–Crippen LogP) is 1.21. The Balaban J connectivity index is 2.78. The molecule has 0 saturated carbocycles. The van der Waals surface area contributed by atoms with E-state index in [0.29, 0.717) is 0 Å². The fourth-order valence-corrected chi connectivity index (χ4v) is 0.227. The first-order valence-corrected chi connectivity index (χ1v) is 2.16. The van der Waals surface area contributed by atoms with Crippen LogP contribution in [0.3, 0.4) is 0 Å². The monoisotopic (exact) mass is 97.1 g/mol. The molecule has 1 nitrogen and oxygen atoms in total. The third-order valence-electron chi connectivity index (χ3n) is 0.529. The van der Waals surface area contributed by atoms with Gasteiger partial charge in [-0.1, -0.05) is 0 Å². The molecule has 0 aliphatic rings. The third kappa shape index (κ3) is 5.52. The fourth-order valence-electron chi connectivity index (χ4n) is 0.227. The molecule has 1 heteroatoms. The molecule has 0 saturated heterocycles. The number of hydrogen-bond acceptors (Lipinski definition) is 1. The zero-order valence-corrected chi connectivity index (χ0v) is 4.69. The summed E-state index contributed by atoms with van der Waals surface area (Å²) in [5.74, 6) is 5.56. The van der Waals surface area contributed by atoms with Gasteiger partial charge in [0.05, 0.1) is 6.61 Å². The molecule has 39 valence electrons. The highest BCUT2D eigenvalue weighted by Gasteiger charge is 1.72. The first kappa shape index (κ1) is 6.52. The minimum Gasteiger partial charge on any atom is -0.378 e. The van der Waals surface area contributed by atoms with Gasteiger partial charge in [0, 0.05) is 13.5 Å². The molecule has 0 atom stereocenters. The van der Waals surface area contributed by atoms with E-state index in [1.54, 1.807) is 13.7 Å². The van der Waals surface area contributed by atoms with E-state index in [0.717, 1.165) is 6.42 Å². The van der Waals surface area contributed by atoms with Gasteiger partial charge in [0.1, 0.15) is 0 Å². The molecule has 0 aromatic rings. The molecule has 0 aromatic carbocycles. The Hall–Kier alpha value is -0.480. The van der Waals surface area contributed by atoms with Crippen LogP contribution in [0.25, 0.3) is 0 Å². The van der Waals surface area contributed by atoms with E-state index in [1.807, 2.05) is 6.92 Å². The van der Waals surface area contributed by atoms with Crippen LogP contribution in [0.1, 0.15) is 13.3 Å². The number of rotatable bonds is 2. The second-order valence-corrected chi connectivity index (χ2v) is 1.03. The topological polar surface area (TPSA) is 9.23 Å². The van der Waals surface area contributed by atoms with E-state index in [1.165, 1.54) is 0 Å². The first-order valence-electron chi connectivity index (χ1n) is 2.16. The predicted molar refractivity (Wildman–Crippen MR) is 29.4 cm³/mol. The smallest absolute Gasteiger partial charge is 0.0950 e. The van der Waals surface area contributed by atoms with Crippen LogP contribution in [-0.2, 0) is 4.74 Å². The zero-order valence-electron chi connectivity index (χ0n) is 4.69. The highest BCUT2D eigenvalue weighted by atomic mass is 16.5. The molecule has 0 aliphatic carbocycles. The van der Waals surface area contributed by atoms with Crippen molar-refractivity contribution in [2.45, 2.75) is 13.3 Å². The molecular weight excluding hydrogens is 88.1 g/mol. The lowest BCUT2D eigenvalue weighted by molar-refractivity contribution is 0.275. The van der Waals surface area contributed by atoms with Crippen molar-refractivity contribution >= 4 is 0 Å². The lowest BCUT2D eigenvalue weighted by Crippen LogP contribution is -1.74. The zero-order chi connectivity index (χ0) is 5.54. The summed E-state index contributed by atoms with van der Waals surface area (Å²) in [6, 6.07) is 0. The summed E-state index contributed by atoms with van der Waals surface area (Å²) in [6.07, 6.45) is 0.729. The highest BCUT2D eigenvalue weighted by Crippen LogP contribution is 1.81. The number of ether oxygens (including phenoxy) is 1. The van der Waals surface area contributed by atoms with Gasteiger partial charge in [-0.05, 0) is 6.92 Å². The molecule has 7 heavy (non-hydrogen) atoms. The molecule has 1 radical (unpaired) electrons. The Bertz CT molecular complexity index is 75.9. The van der Waals surface area contributed by atoms with Gasteiger partial charge < -0.3 is 4.74 Å². The van der Waals surface area contributed by atoms with Gasteiger partial charge in [-0.15, -0.1) is 11.8 Å². The molecule has 0 unspecified atom stereocenters. The van der Waals surface area contributed by atoms with Crippen molar-refractivity contribution in [2.75, 3.05) is 7.11 Å². The summed E-state index contributed by atoms with van der Waals surface area (Å²) in [5.41, 5.74) is 0. The van der Waals surface area contributed by atoms with Crippen molar-refractivity contribution in [3.8, 4) is 11.8 Å². The maximum Gasteiger partial charge on any atom is 0.0950 e. The van der Waals surface area contributed by atoms with E-state index in [-0.39, 0.29) is 0 Å². The Morgan fingerprint density at radius 2 is 2.43 bits per heavy atom. The summed E-state index contributed by atoms with van der Waals surface area (Å²) < 4.78 is 4.62. The Labute approximate surface area is 44.7 Å². The average Bonchev–Trinajstić information content (AvgIpc) is 1.69. The van der Waals surface area contributed by atoms with Gasteiger partial charge in [-0.3, -0.25) is 0 Å². The van der Waals surface area contributed by atoms with Gasteiger partial charge in [0.15, 0.2) is 0 Å². The van der Waals surface area contributed by atoms with E-state index in [4.69, 9.17) is 0 Å². The molecular formula is C6H9O. The maximum atomic E-state index is 4.62. The Morgan fingerprint density at radius 3 is 2.86 bits per heavy atom. The molecule has 0 spiro atoms. The molecule has 0 heterocycles. The van der Waals surface area contributed by atoms with Crippen molar-refractivity contribution in [1.82, 2.24) is 0 Å². The SMILES string of the molecule is CC#CC[CH]OC. The van der Waals surface area contributed by atoms with E-state index >= 15 is 0 Å². The van der Waals surface area contributed by atoms with Crippen LogP contribution in [0, 0.1) is 18.4 Å². The maximum absolute atomic E-state index is 4.62. The Morgan fingerprint density at radius 1 is 1.71 bits per heavy atom. The Kier molecular flexibility index (Phi) is 5.14. The van der Waals surface area contributed by atoms with Gasteiger partial charge in [-0.2, -0.15) is 0 Å². The van der Waals surface area contributed by atoms with Crippen LogP contribution in [0.2, 0.25) is 0 Å². The molecule has 0 N–H and O–H groups in total. The van der Waals surface area contributed by atoms with Crippen LogP contribution in [-0.4, -0.2) is 7.11 Å². The fraction of sp³-hybridized carbons (Fsp3) is 0.500. The number of methoxy groups -OCH3 is 1. The average molecular weight is 97.1 g/mol. The lowest BCUT2D eigenvalue weighted by atomic mass is 10.4. The third-order valence-corrected chi connectivity index (χ3v) is 0.529. The van der Waals surface area contributed by atoms with Crippen LogP contribution in [0.4, 0.5) is 0 Å². The van der Waals surface area contributed by atoms with E-state index in [9.17, 15) is 0 Å². The molecule has 0 amide bonds. The summed E-state index contributed by atoms with van der Waals surface area (Å²) in [4.78, 5) is 0. The second-order valence-electron chi connectivity index (χ2n) is 1.03. The van der Waals surface area contributed by atoms with Crippen molar-refractivity contribution in [1.29, 1.82) is 0 Å². The minimum absolute atomic E-state index is 0.729. The normalized spacial score (nSPS) is 7.14. The van der Waals surface area contributed by atoms with E-state index < -0.39 is 0 Å². The second kappa shape index (κ2) is 5.52. The van der Waals surface area contributed by atoms with Crippen molar-refractivity contribution in [3.05, 3.63) is 6.61 Å². The summed E-state index contributed by atoms with van der Waals surface area (Å²) in [7, 11) is 1.62. The van der Waals surface area contributed by atoms with Crippen LogP contribution >= 0.6 is 0 Å². The molecule has 0 aromatic heterocycles. The number of hydrogen-bond donors (Lipinski definition) is 0. The molecule has 0 fully saturated rings. The summed E-state index contributed by atoms with van der Waals surface area (Å²) >= 11 is 0. The largest absolute Gasteiger partial charge is 0.378 e. The molecule has 0 aliphatic heterocycles. The lowest BCUT2D eigenvalue weighted by Gasteiger charge is -1.83. The van der Waals surface area contributed by atoms with Crippen LogP contribution in [0.5, 0.6) is 0 Å². The van der Waals surface area contributed by atoms with Crippen molar-refractivity contribution < 1.29 is 4.74 Å². The van der Waals surface area contributed by atoms with Gasteiger partial charge in [0.2, 0.25) is 0 Å². The van der Waals surface area contributed by atoms with Crippen molar-refractivity contribution in [3.63, 3.8) is 0 Å². The highest BCUT2D eigenvalue weighted by molar-refractivity contribution is 4.96. The van der Waals surface area contributed by atoms with Gasteiger partial charge in [0.25, 0.3) is 0 Å². The van der Waals surface area contributed by atoms with Gasteiger partial charge >= 0.3 is 0 Å². The first-order chi connectivity index (χ1) is 3.41. The van der Waals surface area contributed by atoms with Crippen LogP contribution in [0.15, 0.2) is 0 Å².